The quantitative estimate of drug-likeness (QED) is 0.866. The Bertz CT molecular complexity index is 425. The first-order chi connectivity index (χ1) is 9.70. The van der Waals surface area contributed by atoms with Crippen molar-refractivity contribution in [3.63, 3.8) is 0 Å². The predicted molar refractivity (Wildman–Crippen MR) is 85.0 cm³/mol. The molecule has 1 aliphatic rings. The van der Waals surface area contributed by atoms with Crippen molar-refractivity contribution in [3.8, 4) is 0 Å². The van der Waals surface area contributed by atoms with Gasteiger partial charge < -0.3 is 10.2 Å². The van der Waals surface area contributed by atoms with E-state index in [0.717, 1.165) is 19.4 Å². The Labute approximate surface area is 126 Å². The van der Waals surface area contributed by atoms with Crippen molar-refractivity contribution in [2.75, 3.05) is 19.8 Å². The Hall–Kier alpha value is -1.00. The number of benzene rings is 1. The molecule has 0 aromatic heterocycles. The number of rotatable bonds is 4. The maximum atomic E-state index is 12.4. The first kappa shape index (κ1) is 15.4. The van der Waals surface area contributed by atoms with Crippen LogP contribution in [0.4, 0.5) is 0 Å². The Morgan fingerprint density at radius 1 is 1.30 bits per heavy atom. The average molecular weight is 292 g/mol. The number of hydrogen-bond acceptors (Lipinski definition) is 3. The number of hydrogen-bond donors (Lipinski definition) is 1. The second-order valence-electron chi connectivity index (χ2n) is 5.40. The van der Waals surface area contributed by atoms with Gasteiger partial charge in [-0.1, -0.05) is 25.0 Å². The van der Waals surface area contributed by atoms with Crippen molar-refractivity contribution in [2.24, 2.45) is 0 Å². The van der Waals surface area contributed by atoms with Gasteiger partial charge in [-0.2, -0.15) is 0 Å². The van der Waals surface area contributed by atoms with Crippen LogP contribution in [0.3, 0.4) is 0 Å². The first-order valence-electron chi connectivity index (χ1n) is 7.32. The topological polar surface area (TPSA) is 32.3 Å². The molecule has 0 radical (unpaired) electrons. The molecule has 0 aliphatic carbocycles. The Kier molecular flexibility index (Phi) is 5.92. The Morgan fingerprint density at radius 2 is 2.05 bits per heavy atom. The molecule has 1 aromatic carbocycles. The fraction of sp³-hybridized carbons (Fsp3) is 0.562. The molecule has 4 heteroatoms. The summed E-state index contributed by atoms with van der Waals surface area (Å²) in [5.41, 5.74) is 1.19. The molecule has 2 rings (SSSR count). The highest BCUT2D eigenvalue weighted by molar-refractivity contribution is 7.98. The minimum atomic E-state index is 0.00738. The van der Waals surface area contributed by atoms with Crippen molar-refractivity contribution in [1.29, 1.82) is 0 Å². The van der Waals surface area contributed by atoms with Crippen LogP contribution in [0.1, 0.15) is 31.2 Å². The van der Waals surface area contributed by atoms with Gasteiger partial charge >= 0.3 is 0 Å². The lowest BCUT2D eigenvalue weighted by Crippen LogP contribution is -2.44. The summed E-state index contributed by atoms with van der Waals surface area (Å²) < 4.78 is 0. The molecule has 1 atom stereocenters. The van der Waals surface area contributed by atoms with E-state index in [1.807, 2.05) is 11.9 Å². The van der Waals surface area contributed by atoms with Crippen molar-refractivity contribution in [3.05, 3.63) is 29.8 Å². The fourth-order valence-corrected chi connectivity index (χ4v) is 3.00. The lowest BCUT2D eigenvalue weighted by atomic mass is 10.1. The van der Waals surface area contributed by atoms with E-state index in [0.29, 0.717) is 6.54 Å². The number of nitrogens with one attached hydrogen (secondary N) is 1. The van der Waals surface area contributed by atoms with E-state index in [2.05, 4.69) is 35.8 Å². The summed E-state index contributed by atoms with van der Waals surface area (Å²) in [6.45, 7) is 1.65. The van der Waals surface area contributed by atoms with Crippen molar-refractivity contribution >= 4 is 17.7 Å². The van der Waals surface area contributed by atoms with Gasteiger partial charge in [-0.25, -0.2) is 0 Å². The third-order valence-corrected chi connectivity index (χ3v) is 4.56. The van der Waals surface area contributed by atoms with Crippen LogP contribution >= 0.6 is 11.8 Å². The maximum Gasteiger partial charge on any atom is 0.239 e. The molecule has 1 N–H and O–H groups in total. The van der Waals surface area contributed by atoms with Gasteiger partial charge in [-0.05, 0) is 43.3 Å². The molecule has 0 spiro atoms. The van der Waals surface area contributed by atoms with Crippen molar-refractivity contribution < 1.29 is 4.79 Å². The molecule has 1 unspecified atom stereocenters. The fourth-order valence-electron chi connectivity index (χ4n) is 2.59. The van der Waals surface area contributed by atoms with Crippen LogP contribution in [-0.2, 0) is 11.3 Å². The Balaban J connectivity index is 1.92. The molecule has 1 heterocycles. The molecule has 20 heavy (non-hydrogen) atoms. The van der Waals surface area contributed by atoms with Gasteiger partial charge in [0, 0.05) is 18.5 Å². The van der Waals surface area contributed by atoms with Crippen molar-refractivity contribution in [2.45, 2.75) is 43.2 Å². The van der Waals surface area contributed by atoms with Gasteiger partial charge in [0.05, 0.1) is 6.04 Å². The number of nitrogens with zero attached hydrogens (tertiary/aromatic N) is 1. The molecule has 0 saturated carbocycles. The second kappa shape index (κ2) is 7.70. The van der Waals surface area contributed by atoms with E-state index >= 15 is 0 Å². The number of thioether (sulfide) groups is 1. The minimum absolute atomic E-state index is 0.00738. The van der Waals surface area contributed by atoms with Crippen LogP contribution in [0.15, 0.2) is 29.2 Å². The lowest BCUT2D eigenvalue weighted by Gasteiger charge is -2.23. The zero-order valence-electron chi connectivity index (χ0n) is 12.4. The molecule has 1 amide bonds. The van der Waals surface area contributed by atoms with Crippen LogP contribution < -0.4 is 5.32 Å². The van der Waals surface area contributed by atoms with Crippen LogP contribution in [-0.4, -0.2) is 36.7 Å². The normalized spacial score (nSPS) is 19.4. The van der Waals surface area contributed by atoms with E-state index in [-0.39, 0.29) is 11.9 Å². The minimum Gasteiger partial charge on any atom is -0.340 e. The summed E-state index contributed by atoms with van der Waals surface area (Å²) in [4.78, 5) is 15.5. The predicted octanol–water partition coefficient (Wildman–Crippen LogP) is 2.90. The molecule has 1 aromatic rings. The average Bonchev–Trinajstić information content (AvgIpc) is 2.76. The molecular weight excluding hydrogens is 268 g/mol. The molecule has 3 nitrogen and oxygen atoms in total. The maximum absolute atomic E-state index is 12.4. The summed E-state index contributed by atoms with van der Waals surface area (Å²) >= 11 is 1.74. The van der Waals surface area contributed by atoms with Gasteiger partial charge in [0.25, 0.3) is 0 Å². The summed E-state index contributed by atoms with van der Waals surface area (Å²) in [5, 5.41) is 3.37. The largest absolute Gasteiger partial charge is 0.340 e. The smallest absolute Gasteiger partial charge is 0.239 e. The molecular formula is C16H24N2OS. The van der Waals surface area contributed by atoms with Crippen LogP contribution in [0.25, 0.3) is 0 Å². The number of carbonyl (C=O) groups excluding carboxylic acids is 1. The van der Waals surface area contributed by atoms with E-state index in [4.69, 9.17) is 0 Å². The summed E-state index contributed by atoms with van der Waals surface area (Å²) in [7, 11) is 1.90. The van der Waals surface area contributed by atoms with Gasteiger partial charge in [0.2, 0.25) is 5.91 Å². The number of amides is 1. The van der Waals surface area contributed by atoms with E-state index in [1.165, 1.54) is 23.3 Å². The zero-order chi connectivity index (χ0) is 14.4. The third kappa shape index (κ3) is 4.25. The number of carbonyl (C=O) groups is 1. The van der Waals surface area contributed by atoms with E-state index in [9.17, 15) is 4.79 Å². The molecule has 1 aliphatic heterocycles. The third-order valence-electron chi connectivity index (χ3n) is 3.81. The van der Waals surface area contributed by atoms with Gasteiger partial charge in [-0.3, -0.25) is 4.79 Å². The summed E-state index contributed by atoms with van der Waals surface area (Å²) in [5.74, 6) is 0.223. The van der Waals surface area contributed by atoms with Gasteiger partial charge in [0.15, 0.2) is 0 Å². The van der Waals surface area contributed by atoms with Crippen LogP contribution in [0, 0.1) is 0 Å². The van der Waals surface area contributed by atoms with Crippen molar-refractivity contribution in [1.82, 2.24) is 10.2 Å². The SMILES string of the molecule is CSc1ccc(CN(C)C(=O)C2CCCCCN2)cc1. The number of likely N-dealkylation sites (N-methyl/N-ethyl adjacent to an activating group) is 1. The summed E-state index contributed by atoms with van der Waals surface area (Å²) in [6, 6.07) is 8.45. The van der Waals surface area contributed by atoms with E-state index < -0.39 is 0 Å². The molecule has 1 fully saturated rings. The second-order valence-corrected chi connectivity index (χ2v) is 6.28. The summed E-state index contributed by atoms with van der Waals surface area (Å²) in [6.07, 6.45) is 6.61. The first-order valence-corrected chi connectivity index (χ1v) is 8.54. The van der Waals surface area contributed by atoms with E-state index in [1.54, 1.807) is 11.8 Å². The highest BCUT2D eigenvalue weighted by Crippen LogP contribution is 2.16. The van der Waals surface area contributed by atoms with Gasteiger partial charge in [-0.15, -0.1) is 11.8 Å². The van der Waals surface area contributed by atoms with Gasteiger partial charge in [0.1, 0.15) is 0 Å². The monoisotopic (exact) mass is 292 g/mol. The highest BCUT2D eigenvalue weighted by atomic mass is 32.2. The standard InChI is InChI=1S/C16H24N2OS/c1-18(12-13-7-9-14(20-2)10-8-13)16(19)15-6-4-3-5-11-17-15/h7-10,15,17H,3-6,11-12H2,1-2H3. The lowest BCUT2D eigenvalue weighted by molar-refractivity contribution is -0.132. The molecule has 0 bridgehead atoms. The Morgan fingerprint density at radius 3 is 2.75 bits per heavy atom. The highest BCUT2D eigenvalue weighted by Gasteiger charge is 2.22. The molecule has 110 valence electrons. The van der Waals surface area contributed by atoms with Crippen LogP contribution in [0.2, 0.25) is 0 Å². The van der Waals surface area contributed by atoms with Crippen LogP contribution in [0.5, 0.6) is 0 Å². The zero-order valence-corrected chi connectivity index (χ0v) is 13.2. The molecule has 1 saturated heterocycles.